The van der Waals surface area contributed by atoms with Crippen LogP contribution >= 0.6 is 0 Å². The Morgan fingerprint density at radius 3 is 2.79 bits per heavy atom. The van der Waals surface area contributed by atoms with E-state index in [-0.39, 0.29) is 5.91 Å². The standard InChI is InChI=1S/C20H23NO3/c1-3-23-19-10-5-4-9-18(19)21-20(22)14(2)24-17-12-11-15-7-6-8-16(15)13-17/h4-5,9-14H,3,6-8H2,1-2H3,(H,21,22)/t14-/m1/s1. The lowest BCUT2D eigenvalue weighted by atomic mass is 10.1. The van der Waals surface area contributed by atoms with Crippen LogP contribution in [0.25, 0.3) is 0 Å². The first-order chi connectivity index (χ1) is 11.7. The zero-order valence-electron chi connectivity index (χ0n) is 14.2. The first kappa shape index (κ1) is 16.4. The van der Waals surface area contributed by atoms with Crippen molar-refractivity contribution in [3.63, 3.8) is 0 Å². The van der Waals surface area contributed by atoms with Gasteiger partial charge in [-0.05, 0) is 68.5 Å². The van der Waals surface area contributed by atoms with Gasteiger partial charge in [0.1, 0.15) is 11.5 Å². The van der Waals surface area contributed by atoms with E-state index in [0.717, 1.165) is 18.6 Å². The summed E-state index contributed by atoms with van der Waals surface area (Å²) in [7, 11) is 0. The summed E-state index contributed by atoms with van der Waals surface area (Å²) < 4.78 is 11.4. The highest BCUT2D eigenvalue weighted by molar-refractivity contribution is 5.95. The smallest absolute Gasteiger partial charge is 0.265 e. The molecule has 0 heterocycles. The van der Waals surface area contributed by atoms with Crippen LogP contribution in [0, 0.1) is 0 Å². The highest BCUT2D eigenvalue weighted by Gasteiger charge is 2.18. The van der Waals surface area contributed by atoms with E-state index >= 15 is 0 Å². The molecule has 0 radical (unpaired) electrons. The summed E-state index contributed by atoms with van der Waals surface area (Å²) in [5.41, 5.74) is 3.39. The van der Waals surface area contributed by atoms with Gasteiger partial charge in [0.2, 0.25) is 0 Å². The van der Waals surface area contributed by atoms with Crippen molar-refractivity contribution in [2.75, 3.05) is 11.9 Å². The Bertz CT molecular complexity index is 727. The minimum absolute atomic E-state index is 0.192. The normalized spacial score (nSPS) is 13.9. The third kappa shape index (κ3) is 3.70. The van der Waals surface area contributed by atoms with Crippen LogP contribution in [-0.4, -0.2) is 18.6 Å². The highest BCUT2D eigenvalue weighted by Crippen LogP contribution is 2.27. The van der Waals surface area contributed by atoms with Gasteiger partial charge in [0.15, 0.2) is 6.10 Å². The Labute approximate surface area is 142 Å². The molecule has 2 aromatic carbocycles. The Balaban J connectivity index is 1.65. The number of carbonyl (C=O) groups excluding carboxylic acids is 1. The minimum atomic E-state index is -0.584. The third-order valence-corrected chi connectivity index (χ3v) is 4.20. The number of benzene rings is 2. The molecule has 1 amide bonds. The number of hydrogen-bond acceptors (Lipinski definition) is 3. The quantitative estimate of drug-likeness (QED) is 0.874. The average Bonchev–Trinajstić information content (AvgIpc) is 3.04. The first-order valence-corrected chi connectivity index (χ1v) is 8.48. The fourth-order valence-electron chi connectivity index (χ4n) is 2.96. The van der Waals surface area contributed by atoms with Crippen molar-refractivity contribution in [1.29, 1.82) is 0 Å². The summed E-state index contributed by atoms with van der Waals surface area (Å²) >= 11 is 0. The molecule has 24 heavy (non-hydrogen) atoms. The van der Waals surface area contributed by atoms with Gasteiger partial charge in [-0.2, -0.15) is 0 Å². The monoisotopic (exact) mass is 325 g/mol. The molecule has 0 saturated carbocycles. The zero-order valence-corrected chi connectivity index (χ0v) is 14.2. The van der Waals surface area contributed by atoms with Crippen LogP contribution < -0.4 is 14.8 Å². The second kappa shape index (κ2) is 7.39. The van der Waals surface area contributed by atoms with Crippen LogP contribution in [0.4, 0.5) is 5.69 Å². The molecule has 0 unspecified atom stereocenters. The van der Waals surface area contributed by atoms with E-state index < -0.39 is 6.10 Å². The van der Waals surface area contributed by atoms with Crippen LogP contribution in [0.15, 0.2) is 42.5 Å². The number of aryl methyl sites for hydroxylation is 2. The Morgan fingerprint density at radius 2 is 1.96 bits per heavy atom. The summed E-state index contributed by atoms with van der Waals surface area (Å²) in [5.74, 6) is 1.22. The second-order valence-electron chi connectivity index (χ2n) is 5.96. The molecule has 0 spiro atoms. The number of hydrogen-bond donors (Lipinski definition) is 1. The van der Waals surface area contributed by atoms with Crippen molar-refractivity contribution >= 4 is 11.6 Å². The molecule has 4 heteroatoms. The SMILES string of the molecule is CCOc1ccccc1NC(=O)[C@@H](C)Oc1ccc2c(c1)CCC2. The molecule has 0 bridgehead atoms. The maximum atomic E-state index is 12.4. The van der Waals surface area contributed by atoms with Crippen LogP contribution in [-0.2, 0) is 17.6 Å². The molecule has 2 aromatic rings. The molecule has 1 aliphatic carbocycles. The Morgan fingerprint density at radius 1 is 1.17 bits per heavy atom. The van der Waals surface area contributed by atoms with Crippen molar-refractivity contribution in [1.82, 2.24) is 0 Å². The van der Waals surface area contributed by atoms with E-state index in [2.05, 4.69) is 17.4 Å². The molecule has 1 aliphatic rings. The van der Waals surface area contributed by atoms with E-state index in [1.165, 1.54) is 17.5 Å². The van der Waals surface area contributed by atoms with Gasteiger partial charge in [0.25, 0.3) is 5.91 Å². The summed E-state index contributed by atoms with van der Waals surface area (Å²) in [5, 5.41) is 2.88. The average molecular weight is 325 g/mol. The number of nitrogens with one attached hydrogen (secondary N) is 1. The van der Waals surface area contributed by atoms with E-state index in [1.807, 2.05) is 37.3 Å². The molecule has 1 atom stereocenters. The lowest BCUT2D eigenvalue weighted by Gasteiger charge is -2.17. The van der Waals surface area contributed by atoms with Gasteiger partial charge < -0.3 is 14.8 Å². The van der Waals surface area contributed by atoms with Crippen molar-refractivity contribution in [2.45, 2.75) is 39.2 Å². The summed E-state index contributed by atoms with van der Waals surface area (Å²) in [6, 6.07) is 13.5. The molecule has 126 valence electrons. The fourth-order valence-corrected chi connectivity index (χ4v) is 2.96. The lowest BCUT2D eigenvalue weighted by Crippen LogP contribution is -2.30. The lowest BCUT2D eigenvalue weighted by molar-refractivity contribution is -0.122. The maximum absolute atomic E-state index is 12.4. The topological polar surface area (TPSA) is 47.6 Å². The van der Waals surface area contributed by atoms with Crippen molar-refractivity contribution in [2.24, 2.45) is 0 Å². The van der Waals surface area contributed by atoms with Crippen molar-refractivity contribution in [3.8, 4) is 11.5 Å². The zero-order chi connectivity index (χ0) is 16.9. The van der Waals surface area contributed by atoms with Gasteiger partial charge in [0.05, 0.1) is 12.3 Å². The van der Waals surface area contributed by atoms with Gasteiger partial charge in [0, 0.05) is 0 Å². The predicted molar refractivity (Wildman–Crippen MR) is 94.8 cm³/mol. The molecule has 0 aliphatic heterocycles. The number of carbonyl (C=O) groups is 1. The van der Waals surface area contributed by atoms with Gasteiger partial charge >= 0.3 is 0 Å². The van der Waals surface area contributed by atoms with Gasteiger partial charge in [-0.25, -0.2) is 0 Å². The van der Waals surface area contributed by atoms with E-state index in [1.54, 1.807) is 6.92 Å². The number of amides is 1. The molecular weight excluding hydrogens is 302 g/mol. The van der Waals surface area contributed by atoms with E-state index in [4.69, 9.17) is 9.47 Å². The van der Waals surface area contributed by atoms with Crippen LogP contribution in [0.5, 0.6) is 11.5 Å². The first-order valence-electron chi connectivity index (χ1n) is 8.48. The van der Waals surface area contributed by atoms with E-state index in [9.17, 15) is 4.79 Å². The van der Waals surface area contributed by atoms with E-state index in [0.29, 0.717) is 18.0 Å². The number of fused-ring (bicyclic) bond motifs is 1. The Hall–Kier alpha value is -2.49. The van der Waals surface area contributed by atoms with Crippen LogP contribution in [0.2, 0.25) is 0 Å². The molecular formula is C20H23NO3. The van der Waals surface area contributed by atoms with Crippen molar-refractivity contribution < 1.29 is 14.3 Å². The summed E-state index contributed by atoms with van der Waals surface area (Å²) in [4.78, 5) is 12.4. The molecule has 0 aromatic heterocycles. The number of rotatable bonds is 6. The Kier molecular flexibility index (Phi) is 5.04. The second-order valence-corrected chi connectivity index (χ2v) is 5.96. The summed E-state index contributed by atoms with van der Waals surface area (Å²) in [6.45, 7) is 4.22. The number of para-hydroxylation sites is 2. The molecule has 1 N–H and O–H groups in total. The van der Waals surface area contributed by atoms with Crippen LogP contribution in [0.3, 0.4) is 0 Å². The van der Waals surface area contributed by atoms with Crippen LogP contribution in [0.1, 0.15) is 31.4 Å². The fraction of sp³-hybridized carbons (Fsp3) is 0.350. The summed E-state index contributed by atoms with van der Waals surface area (Å²) in [6.07, 6.45) is 2.84. The molecule has 0 saturated heterocycles. The highest BCUT2D eigenvalue weighted by atomic mass is 16.5. The molecule has 3 rings (SSSR count). The number of ether oxygens (including phenoxy) is 2. The van der Waals surface area contributed by atoms with Gasteiger partial charge in [-0.15, -0.1) is 0 Å². The number of anilines is 1. The largest absolute Gasteiger partial charge is 0.492 e. The minimum Gasteiger partial charge on any atom is -0.492 e. The molecule has 0 fully saturated rings. The maximum Gasteiger partial charge on any atom is 0.265 e. The molecule has 4 nitrogen and oxygen atoms in total. The van der Waals surface area contributed by atoms with Gasteiger partial charge in [-0.3, -0.25) is 4.79 Å². The van der Waals surface area contributed by atoms with Crippen molar-refractivity contribution in [3.05, 3.63) is 53.6 Å². The predicted octanol–water partition coefficient (Wildman–Crippen LogP) is 3.98. The third-order valence-electron chi connectivity index (χ3n) is 4.20. The van der Waals surface area contributed by atoms with Gasteiger partial charge in [-0.1, -0.05) is 18.2 Å².